The predicted octanol–water partition coefficient (Wildman–Crippen LogP) is 0.917. The number of carbonyl (C=O) groups is 1. The van der Waals surface area contributed by atoms with Gasteiger partial charge in [0.1, 0.15) is 5.69 Å². The van der Waals surface area contributed by atoms with E-state index in [9.17, 15) is 13.2 Å². The molecule has 140 valence electrons. The van der Waals surface area contributed by atoms with Crippen molar-refractivity contribution in [3.8, 4) is 0 Å². The van der Waals surface area contributed by atoms with Crippen LogP contribution in [0.3, 0.4) is 0 Å². The summed E-state index contributed by atoms with van der Waals surface area (Å²) in [7, 11) is 0.0885. The Labute approximate surface area is 153 Å². The Balaban J connectivity index is 1.80. The van der Waals surface area contributed by atoms with Crippen LogP contribution in [-0.2, 0) is 17.1 Å². The van der Waals surface area contributed by atoms with Crippen molar-refractivity contribution in [1.29, 1.82) is 0 Å². The first-order chi connectivity index (χ1) is 12.3. The number of amides is 1. The van der Waals surface area contributed by atoms with Crippen LogP contribution >= 0.6 is 0 Å². The highest BCUT2D eigenvalue weighted by Gasteiger charge is 2.27. The third-order valence-corrected chi connectivity index (χ3v) is 6.32. The number of piperazine rings is 1. The SMILES string of the molecule is Cc1cc(C(=O)Nc2cccc(S(=O)(=O)N3CCN(C)CC3)c2)n(C)n1. The molecule has 3 rings (SSSR count). The minimum absolute atomic E-state index is 0.182. The fourth-order valence-electron chi connectivity index (χ4n) is 2.93. The number of nitrogens with one attached hydrogen (secondary N) is 1. The molecule has 0 radical (unpaired) electrons. The van der Waals surface area contributed by atoms with E-state index in [1.807, 2.05) is 7.05 Å². The van der Waals surface area contributed by atoms with E-state index in [1.54, 1.807) is 38.2 Å². The van der Waals surface area contributed by atoms with Gasteiger partial charge in [-0.2, -0.15) is 9.40 Å². The molecule has 0 spiro atoms. The van der Waals surface area contributed by atoms with Crippen LogP contribution in [0.1, 0.15) is 16.2 Å². The van der Waals surface area contributed by atoms with Gasteiger partial charge in [0.05, 0.1) is 10.6 Å². The largest absolute Gasteiger partial charge is 0.321 e. The Morgan fingerprint density at radius 2 is 1.81 bits per heavy atom. The second kappa shape index (κ2) is 7.18. The molecule has 8 nitrogen and oxygen atoms in total. The van der Waals surface area contributed by atoms with E-state index in [4.69, 9.17) is 0 Å². The first-order valence-electron chi connectivity index (χ1n) is 8.38. The average Bonchev–Trinajstić information content (AvgIpc) is 2.94. The molecule has 1 aliphatic heterocycles. The zero-order valence-electron chi connectivity index (χ0n) is 15.1. The topological polar surface area (TPSA) is 87.5 Å². The van der Waals surface area contributed by atoms with Gasteiger partial charge in [-0.1, -0.05) is 6.07 Å². The maximum Gasteiger partial charge on any atom is 0.273 e. The first-order valence-corrected chi connectivity index (χ1v) is 9.82. The number of hydrogen-bond acceptors (Lipinski definition) is 5. The summed E-state index contributed by atoms with van der Waals surface area (Å²) >= 11 is 0. The molecular formula is C17H23N5O3S. The highest BCUT2D eigenvalue weighted by atomic mass is 32.2. The van der Waals surface area contributed by atoms with Gasteiger partial charge in [-0.15, -0.1) is 0 Å². The third kappa shape index (κ3) is 3.79. The van der Waals surface area contributed by atoms with Crippen LogP contribution in [0, 0.1) is 6.92 Å². The van der Waals surface area contributed by atoms with Crippen molar-refractivity contribution in [2.24, 2.45) is 7.05 Å². The van der Waals surface area contributed by atoms with E-state index in [1.165, 1.54) is 15.1 Å². The Morgan fingerprint density at radius 1 is 1.12 bits per heavy atom. The van der Waals surface area contributed by atoms with E-state index in [-0.39, 0.29) is 10.8 Å². The Morgan fingerprint density at radius 3 is 2.42 bits per heavy atom. The van der Waals surface area contributed by atoms with Gasteiger partial charge in [-0.25, -0.2) is 8.42 Å². The second-order valence-electron chi connectivity index (χ2n) is 6.48. The highest BCUT2D eigenvalue weighted by Crippen LogP contribution is 2.21. The Hall–Kier alpha value is -2.23. The van der Waals surface area contributed by atoms with E-state index in [0.29, 0.717) is 37.6 Å². The molecule has 1 N–H and O–H groups in total. The molecule has 0 aliphatic carbocycles. The summed E-state index contributed by atoms with van der Waals surface area (Å²) in [5.74, 6) is -0.331. The molecule has 0 unspecified atom stereocenters. The van der Waals surface area contributed by atoms with Gasteiger partial charge >= 0.3 is 0 Å². The van der Waals surface area contributed by atoms with Crippen molar-refractivity contribution in [3.05, 3.63) is 41.7 Å². The zero-order valence-corrected chi connectivity index (χ0v) is 16.0. The molecule has 1 amide bonds. The molecule has 2 heterocycles. The van der Waals surface area contributed by atoms with Crippen molar-refractivity contribution in [3.63, 3.8) is 0 Å². The molecule has 2 aromatic rings. The van der Waals surface area contributed by atoms with Crippen LogP contribution in [0.25, 0.3) is 0 Å². The lowest BCUT2D eigenvalue weighted by molar-refractivity contribution is 0.101. The van der Waals surface area contributed by atoms with Gasteiger partial charge in [0, 0.05) is 38.9 Å². The number of anilines is 1. The van der Waals surface area contributed by atoms with Crippen LogP contribution in [0.15, 0.2) is 35.2 Å². The number of carbonyl (C=O) groups excluding carboxylic acids is 1. The average molecular weight is 377 g/mol. The first kappa shape index (κ1) is 18.6. The van der Waals surface area contributed by atoms with Crippen molar-refractivity contribution < 1.29 is 13.2 Å². The van der Waals surface area contributed by atoms with Crippen LogP contribution in [0.4, 0.5) is 5.69 Å². The molecule has 1 saturated heterocycles. The number of hydrogen-bond donors (Lipinski definition) is 1. The third-order valence-electron chi connectivity index (χ3n) is 4.43. The summed E-state index contributed by atoms with van der Waals surface area (Å²) in [6, 6.07) is 8.03. The molecule has 1 aromatic heterocycles. The maximum atomic E-state index is 12.8. The second-order valence-corrected chi connectivity index (χ2v) is 8.42. The molecule has 1 aromatic carbocycles. The van der Waals surface area contributed by atoms with Crippen molar-refractivity contribution in [2.45, 2.75) is 11.8 Å². The molecule has 1 aliphatic rings. The van der Waals surface area contributed by atoms with Crippen LogP contribution in [0.5, 0.6) is 0 Å². The summed E-state index contributed by atoms with van der Waals surface area (Å²) in [5.41, 5.74) is 1.59. The standard InChI is InChI=1S/C17H23N5O3S/c1-13-11-16(21(3)19-13)17(23)18-14-5-4-6-15(12-14)26(24,25)22-9-7-20(2)8-10-22/h4-6,11-12H,7-10H2,1-3H3,(H,18,23). The van der Waals surface area contributed by atoms with Crippen molar-refractivity contribution >= 4 is 21.6 Å². The molecule has 0 atom stereocenters. The molecule has 9 heteroatoms. The monoisotopic (exact) mass is 377 g/mol. The van der Waals surface area contributed by atoms with Gasteiger partial charge in [0.25, 0.3) is 5.91 Å². The minimum atomic E-state index is -3.57. The lowest BCUT2D eigenvalue weighted by atomic mass is 10.3. The number of nitrogens with zero attached hydrogens (tertiary/aromatic N) is 4. The number of likely N-dealkylation sites (N-methyl/N-ethyl adjacent to an activating group) is 1. The summed E-state index contributed by atoms with van der Waals surface area (Å²) in [6.45, 7) is 4.14. The number of rotatable bonds is 4. The quantitative estimate of drug-likeness (QED) is 0.856. The lowest BCUT2D eigenvalue weighted by Crippen LogP contribution is -2.47. The van der Waals surface area contributed by atoms with Gasteiger partial charge in [0.15, 0.2) is 0 Å². The fraction of sp³-hybridized carbons (Fsp3) is 0.412. The smallest absolute Gasteiger partial charge is 0.273 e. The maximum absolute atomic E-state index is 12.8. The zero-order chi connectivity index (χ0) is 18.9. The van der Waals surface area contributed by atoms with Crippen LogP contribution in [-0.4, -0.2) is 66.5 Å². The molecular weight excluding hydrogens is 354 g/mol. The van der Waals surface area contributed by atoms with Crippen LogP contribution < -0.4 is 5.32 Å². The summed E-state index contributed by atoms with van der Waals surface area (Å²) in [4.78, 5) is 14.7. The van der Waals surface area contributed by atoms with Crippen molar-refractivity contribution in [1.82, 2.24) is 19.0 Å². The van der Waals surface area contributed by atoms with Gasteiger partial charge < -0.3 is 10.2 Å². The number of aryl methyl sites for hydroxylation is 2. The highest BCUT2D eigenvalue weighted by molar-refractivity contribution is 7.89. The van der Waals surface area contributed by atoms with Crippen molar-refractivity contribution in [2.75, 3.05) is 38.5 Å². The number of sulfonamides is 1. The normalized spacial score (nSPS) is 16.6. The summed E-state index contributed by atoms with van der Waals surface area (Å²) < 4.78 is 28.7. The molecule has 0 saturated carbocycles. The van der Waals surface area contributed by atoms with Gasteiger partial charge in [-0.3, -0.25) is 9.48 Å². The molecule has 1 fully saturated rings. The van der Waals surface area contributed by atoms with Crippen LogP contribution in [0.2, 0.25) is 0 Å². The predicted molar refractivity (Wildman–Crippen MR) is 98.6 cm³/mol. The van der Waals surface area contributed by atoms with E-state index >= 15 is 0 Å². The van der Waals surface area contributed by atoms with E-state index in [2.05, 4.69) is 15.3 Å². The summed E-state index contributed by atoms with van der Waals surface area (Å²) in [5, 5.41) is 6.89. The Kier molecular flexibility index (Phi) is 5.12. The van der Waals surface area contributed by atoms with E-state index in [0.717, 1.165) is 5.69 Å². The number of aromatic nitrogens is 2. The van der Waals surface area contributed by atoms with Gasteiger partial charge in [0.2, 0.25) is 10.0 Å². The molecule has 0 bridgehead atoms. The Bertz CT molecular complexity index is 914. The fourth-order valence-corrected chi connectivity index (χ4v) is 4.40. The lowest BCUT2D eigenvalue weighted by Gasteiger charge is -2.31. The van der Waals surface area contributed by atoms with E-state index < -0.39 is 10.0 Å². The molecule has 26 heavy (non-hydrogen) atoms. The minimum Gasteiger partial charge on any atom is -0.321 e. The number of benzene rings is 1. The van der Waals surface area contributed by atoms with Gasteiger partial charge in [-0.05, 0) is 38.2 Å². The summed E-state index contributed by atoms with van der Waals surface area (Å²) in [6.07, 6.45) is 0.